The fourth-order valence-corrected chi connectivity index (χ4v) is 4.65. The van der Waals surface area contributed by atoms with Crippen molar-refractivity contribution in [1.82, 2.24) is 4.72 Å². The zero-order valence-corrected chi connectivity index (χ0v) is 11.5. The topological polar surface area (TPSA) is 72.2 Å². The van der Waals surface area contributed by atoms with Crippen molar-refractivity contribution >= 4 is 21.4 Å². The average molecular weight is 274 g/mol. The largest absolute Gasteiger partial charge is 0.326 e. The van der Waals surface area contributed by atoms with Crippen LogP contribution in [0.4, 0.5) is 0 Å². The van der Waals surface area contributed by atoms with Crippen LogP contribution in [0.15, 0.2) is 16.3 Å². The Morgan fingerprint density at radius 3 is 2.82 bits per heavy atom. The molecular formula is C11H18N2O2S2. The Labute approximate surface area is 106 Å². The number of nitrogens with two attached hydrogens (primary N) is 1. The molecule has 2 atom stereocenters. The van der Waals surface area contributed by atoms with Crippen molar-refractivity contribution in [2.75, 3.05) is 0 Å². The summed E-state index contributed by atoms with van der Waals surface area (Å²) in [4.78, 5) is 1.24. The second-order valence-electron chi connectivity index (χ2n) is 4.69. The summed E-state index contributed by atoms with van der Waals surface area (Å²) in [7, 11) is -3.35. The Hall–Kier alpha value is -0.430. The first-order valence-electron chi connectivity index (χ1n) is 5.81. The molecule has 0 amide bonds. The highest BCUT2D eigenvalue weighted by atomic mass is 32.2. The normalized spacial score (nSPS) is 25.3. The van der Waals surface area contributed by atoms with E-state index in [1.165, 1.54) is 11.3 Å². The van der Waals surface area contributed by atoms with Crippen molar-refractivity contribution in [3.63, 3.8) is 0 Å². The first kappa shape index (κ1) is 13.0. The van der Waals surface area contributed by atoms with Crippen LogP contribution in [0.5, 0.6) is 0 Å². The zero-order valence-electron chi connectivity index (χ0n) is 9.85. The second-order valence-corrected chi connectivity index (χ2v) is 7.40. The van der Waals surface area contributed by atoms with Crippen LogP contribution in [0.25, 0.3) is 0 Å². The highest BCUT2D eigenvalue weighted by molar-refractivity contribution is 7.89. The summed E-state index contributed by atoms with van der Waals surface area (Å²) in [5.74, 6) is 0.616. The van der Waals surface area contributed by atoms with Crippen LogP contribution in [0.1, 0.15) is 31.1 Å². The fourth-order valence-electron chi connectivity index (χ4n) is 2.21. The standard InChI is InChI=1S/C11H18N2O2S2/c1-8-2-3-9(4-8)13-17(14,15)11-5-10(6-12)16-7-11/h5,7-9,13H,2-4,6,12H2,1H3. The molecule has 0 aliphatic heterocycles. The quantitative estimate of drug-likeness (QED) is 0.877. The molecule has 1 saturated carbocycles. The van der Waals surface area contributed by atoms with E-state index in [1.807, 2.05) is 0 Å². The van der Waals surface area contributed by atoms with Gasteiger partial charge in [0, 0.05) is 22.8 Å². The minimum absolute atomic E-state index is 0.0937. The summed E-state index contributed by atoms with van der Waals surface area (Å²) in [6.45, 7) is 2.55. The van der Waals surface area contributed by atoms with Gasteiger partial charge in [0.05, 0.1) is 4.90 Å². The van der Waals surface area contributed by atoms with Gasteiger partial charge in [-0.05, 0) is 31.2 Å². The van der Waals surface area contributed by atoms with Gasteiger partial charge in [-0.1, -0.05) is 6.92 Å². The number of hydrogen-bond donors (Lipinski definition) is 2. The molecule has 1 heterocycles. The van der Waals surface area contributed by atoms with Crippen molar-refractivity contribution in [3.8, 4) is 0 Å². The molecule has 2 rings (SSSR count). The molecule has 96 valence electrons. The van der Waals surface area contributed by atoms with Gasteiger partial charge in [-0.3, -0.25) is 0 Å². The molecule has 0 radical (unpaired) electrons. The maximum Gasteiger partial charge on any atom is 0.241 e. The van der Waals surface area contributed by atoms with Crippen LogP contribution in [-0.4, -0.2) is 14.5 Å². The van der Waals surface area contributed by atoms with Crippen LogP contribution >= 0.6 is 11.3 Å². The van der Waals surface area contributed by atoms with Gasteiger partial charge in [-0.2, -0.15) is 0 Å². The lowest BCUT2D eigenvalue weighted by Gasteiger charge is -2.11. The minimum atomic E-state index is -3.35. The Balaban J connectivity index is 2.08. The molecule has 1 fully saturated rings. The summed E-state index contributed by atoms with van der Waals surface area (Å²) < 4.78 is 26.9. The van der Waals surface area contributed by atoms with Crippen LogP contribution in [-0.2, 0) is 16.6 Å². The lowest BCUT2D eigenvalue weighted by molar-refractivity contribution is 0.538. The summed E-state index contributed by atoms with van der Waals surface area (Å²) in [6.07, 6.45) is 2.98. The Morgan fingerprint density at radius 1 is 1.53 bits per heavy atom. The van der Waals surface area contributed by atoms with E-state index in [9.17, 15) is 8.42 Å². The molecule has 6 heteroatoms. The van der Waals surface area contributed by atoms with E-state index in [1.54, 1.807) is 11.4 Å². The maximum atomic E-state index is 12.1. The Kier molecular flexibility index (Phi) is 3.87. The number of thiophene rings is 1. The lowest BCUT2D eigenvalue weighted by atomic mass is 10.1. The van der Waals surface area contributed by atoms with Crippen molar-refractivity contribution in [2.24, 2.45) is 11.7 Å². The van der Waals surface area contributed by atoms with E-state index < -0.39 is 10.0 Å². The monoisotopic (exact) mass is 274 g/mol. The number of nitrogens with one attached hydrogen (secondary N) is 1. The first-order valence-corrected chi connectivity index (χ1v) is 8.17. The summed E-state index contributed by atoms with van der Waals surface area (Å²) in [5.41, 5.74) is 5.48. The van der Waals surface area contributed by atoms with E-state index in [-0.39, 0.29) is 6.04 Å². The summed E-state index contributed by atoms with van der Waals surface area (Å²) in [5, 5.41) is 1.66. The maximum absolute atomic E-state index is 12.1. The molecule has 1 aliphatic rings. The highest BCUT2D eigenvalue weighted by Gasteiger charge is 2.26. The van der Waals surface area contributed by atoms with Crippen LogP contribution in [0.2, 0.25) is 0 Å². The minimum Gasteiger partial charge on any atom is -0.326 e. The molecule has 0 saturated heterocycles. The Bertz CT molecular complexity index is 481. The fraction of sp³-hybridized carbons (Fsp3) is 0.636. The molecule has 1 aromatic rings. The summed E-state index contributed by atoms with van der Waals surface area (Å²) >= 11 is 1.39. The van der Waals surface area contributed by atoms with Crippen LogP contribution < -0.4 is 10.5 Å². The number of rotatable bonds is 4. The van der Waals surface area contributed by atoms with Gasteiger partial charge in [0.1, 0.15) is 0 Å². The van der Waals surface area contributed by atoms with Crippen LogP contribution in [0, 0.1) is 5.92 Å². The van der Waals surface area contributed by atoms with Crippen LogP contribution in [0.3, 0.4) is 0 Å². The van der Waals surface area contributed by atoms with Crippen molar-refractivity contribution in [3.05, 3.63) is 16.3 Å². The van der Waals surface area contributed by atoms with E-state index in [0.29, 0.717) is 17.4 Å². The van der Waals surface area contributed by atoms with Gasteiger partial charge >= 0.3 is 0 Å². The van der Waals surface area contributed by atoms with Gasteiger partial charge in [0.15, 0.2) is 0 Å². The molecular weight excluding hydrogens is 256 g/mol. The third kappa shape index (κ3) is 3.07. The van der Waals surface area contributed by atoms with E-state index >= 15 is 0 Å². The van der Waals surface area contributed by atoms with E-state index in [2.05, 4.69) is 11.6 Å². The SMILES string of the molecule is CC1CCC(NS(=O)(=O)c2csc(CN)c2)C1. The predicted octanol–water partition coefficient (Wildman–Crippen LogP) is 1.67. The first-order chi connectivity index (χ1) is 8.01. The second kappa shape index (κ2) is 5.06. The molecule has 4 nitrogen and oxygen atoms in total. The smallest absolute Gasteiger partial charge is 0.241 e. The van der Waals surface area contributed by atoms with E-state index in [0.717, 1.165) is 24.1 Å². The number of sulfonamides is 1. The molecule has 0 bridgehead atoms. The zero-order chi connectivity index (χ0) is 12.5. The average Bonchev–Trinajstić information content (AvgIpc) is 2.86. The number of hydrogen-bond acceptors (Lipinski definition) is 4. The molecule has 1 aromatic heterocycles. The lowest BCUT2D eigenvalue weighted by Crippen LogP contribution is -2.32. The third-order valence-corrected chi connectivity index (χ3v) is 5.77. The Morgan fingerprint density at radius 2 is 2.29 bits per heavy atom. The molecule has 3 N–H and O–H groups in total. The molecule has 17 heavy (non-hydrogen) atoms. The highest BCUT2D eigenvalue weighted by Crippen LogP contribution is 2.27. The predicted molar refractivity (Wildman–Crippen MR) is 69.3 cm³/mol. The molecule has 0 aromatic carbocycles. The van der Waals surface area contributed by atoms with Gasteiger partial charge in [0.2, 0.25) is 10.0 Å². The third-order valence-electron chi connectivity index (χ3n) is 3.16. The van der Waals surface area contributed by atoms with Gasteiger partial charge in [0.25, 0.3) is 0 Å². The van der Waals surface area contributed by atoms with Gasteiger partial charge in [-0.25, -0.2) is 13.1 Å². The van der Waals surface area contributed by atoms with Gasteiger partial charge < -0.3 is 5.73 Å². The summed E-state index contributed by atoms with van der Waals surface area (Å²) in [6, 6.07) is 1.75. The van der Waals surface area contributed by atoms with Crippen molar-refractivity contribution in [1.29, 1.82) is 0 Å². The molecule has 0 spiro atoms. The van der Waals surface area contributed by atoms with Gasteiger partial charge in [-0.15, -0.1) is 11.3 Å². The van der Waals surface area contributed by atoms with Crippen molar-refractivity contribution in [2.45, 2.75) is 43.7 Å². The molecule has 2 unspecified atom stereocenters. The van der Waals surface area contributed by atoms with Crippen molar-refractivity contribution < 1.29 is 8.42 Å². The van der Waals surface area contributed by atoms with E-state index in [4.69, 9.17) is 5.73 Å². The molecule has 1 aliphatic carbocycles.